The summed E-state index contributed by atoms with van der Waals surface area (Å²) < 4.78 is 5.88. The van der Waals surface area contributed by atoms with Crippen molar-refractivity contribution in [2.75, 3.05) is 11.4 Å². The first-order valence-corrected chi connectivity index (χ1v) is 11.3. The van der Waals surface area contributed by atoms with Crippen molar-refractivity contribution in [3.05, 3.63) is 96.1 Å². The summed E-state index contributed by atoms with van der Waals surface area (Å²) in [5.41, 5.74) is 8.95. The fraction of sp³-hybridized carbons (Fsp3) is 0.296. The van der Waals surface area contributed by atoms with Gasteiger partial charge in [-0.3, -0.25) is 10.2 Å². The maximum atomic E-state index is 12.4. The lowest BCUT2D eigenvalue weighted by Crippen LogP contribution is -2.51. The van der Waals surface area contributed by atoms with Gasteiger partial charge in [0.2, 0.25) is 0 Å². The number of primary amides is 1. The van der Waals surface area contributed by atoms with Gasteiger partial charge in [0.1, 0.15) is 12.4 Å². The first kappa shape index (κ1) is 23.4. The van der Waals surface area contributed by atoms with Crippen LogP contribution < -0.4 is 20.7 Å². The number of anilines is 1. The molecular formula is C27H33N3O2. The summed E-state index contributed by atoms with van der Waals surface area (Å²) in [6.45, 7) is 3.41. The molecule has 3 N–H and O–H groups in total. The van der Waals surface area contributed by atoms with Crippen LogP contribution in [-0.2, 0) is 13.0 Å². The van der Waals surface area contributed by atoms with Gasteiger partial charge in [0.05, 0.1) is 6.17 Å². The largest absolute Gasteiger partial charge is 0.489 e. The average molecular weight is 432 g/mol. The van der Waals surface area contributed by atoms with Crippen molar-refractivity contribution < 1.29 is 9.53 Å². The molecule has 0 heterocycles. The van der Waals surface area contributed by atoms with Crippen LogP contribution in [0.15, 0.2) is 84.9 Å². The lowest BCUT2D eigenvalue weighted by atomic mass is 10.1. The zero-order valence-electron chi connectivity index (χ0n) is 18.7. The van der Waals surface area contributed by atoms with E-state index >= 15 is 0 Å². The number of nitrogens with two attached hydrogens (primary N) is 1. The summed E-state index contributed by atoms with van der Waals surface area (Å²) in [7, 11) is 0. The molecule has 5 heteroatoms. The topological polar surface area (TPSA) is 67.6 Å². The maximum Gasteiger partial charge on any atom is 0.320 e. The molecule has 0 fully saturated rings. The highest BCUT2D eigenvalue weighted by molar-refractivity contribution is 5.91. The SMILES string of the molecule is CCCCC(NCCc1ccccc1)N(C(N)=O)c1ccc(OCc2ccccc2)cc1. The minimum absolute atomic E-state index is 0.160. The second kappa shape index (κ2) is 12.5. The second-order valence-electron chi connectivity index (χ2n) is 7.82. The van der Waals surface area contributed by atoms with Crippen molar-refractivity contribution in [1.82, 2.24) is 5.32 Å². The molecule has 0 saturated carbocycles. The smallest absolute Gasteiger partial charge is 0.320 e. The van der Waals surface area contributed by atoms with Crippen molar-refractivity contribution in [3.8, 4) is 5.75 Å². The highest BCUT2D eigenvalue weighted by Gasteiger charge is 2.23. The normalized spacial score (nSPS) is 11.7. The van der Waals surface area contributed by atoms with Crippen molar-refractivity contribution in [2.24, 2.45) is 5.73 Å². The molecule has 168 valence electrons. The molecule has 5 nitrogen and oxygen atoms in total. The number of rotatable bonds is 12. The van der Waals surface area contributed by atoms with Crippen molar-refractivity contribution >= 4 is 11.7 Å². The Morgan fingerprint density at radius 2 is 1.56 bits per heavy atom. The molecular weight excluding hydrogens is 398 g/mol. The number of ether oxygens (including phenoxy) is 1. The van der Waals surface area contributed by atoms with Crippen LogP contribution in [0.25, 0.3) is 0 Å². The molecule has 0 bridgehead atoms. The monoisotopic (exact) mass is 431 g/mol. The molecule has 3 rings (SSSR count). The van der Waals surface area contributed by atoms with E-state index in [1.165, 1.54) is 5.56 Å². The first-order valence-electron chi connectivity index (χ1n) is 11.3. The molecule has 0 saturated heterocycles. The summed E-state index contributed by atoms with van der Waals surface area (Å²) in [5.74, 6) is 0.754. The number of nitrogens with zero attached hydrogens (tertiary/aromatic N) is 1. The predicted octanol–water partition coefficient (Wildman–Crippen LogP) is 5.50. The summed E-state index contributed by atoms with van der Waals surface area (Å²) in [5, 5.41) is 3.54. The number of benzene rings is 3. The zero-order valence-corrected chi connectivity index (χ0v) is 18.7. The van der Waals surface area contributed by atoms with E-state index in [0.717, 1.165) is 49.2 Å². The Balaban J connectivity index is 1.65. The third kappa shape index (κ3) is 7.13. The molecule has 2 amide bonds. The minimum Gasteiger partial charge on any atom is -0.489 e. The van der Waals surface area contributed by atoms with E-state index in [4.69, 9.17) is 10.5 Å². The van der Waals surface area contributed by atoms with Crippen molar-refractivity contribution in [2.45, 2.75) is 45.4 Å². The van der Waals surface area contributed by atoms with Gasteiger partial charge in [-0.1, -0.05) is 80.4 Å². The third-order valence-corrected chi connectivity index (χ3v) is 5.38. The van der Waals surface area contributed by atoms with Gasteiger partial charge in [-0.2, -0.15) is 0 Å². The Labute approximate surface area is 191 Å². The number of carbonyl (C=O) groups is 1. The minimum atomic E-state index is -0.462. The standard InChI is InChI=1S/C27H33N3O2/c1-2-3-14-26(29-20-19-22-10-6-4-7-11-22)30(27(28)31)24-15-17-25(18-16-24)32-21-23-12-8-5-9-13-23/h4-13,15-18,26,29H,2-3,14,19-21H2,1H3,(H2,28,31). The van der Waals surface area contributed by atoms with E-state index in [-0.39, 0.29) is 6.17 Å². The van der Waals surface area contributed by atoms with Crippen LogP contribution in [0.2, 0.25) is 0 Å². The molecule has 1 atom stereocenters. The molecule has 3 aromatic rings. The fourth-order valence-corrected chi connectivity index (χ4v) is 3.65. The summed E-state index contributed by atoms with van der Waals surface area (Å²) >= 11 is 0. The van der Waals surface area contributed by atoms with E-state index in [2.05, 4.69) is 24.4 Å². The molecule has 0 radical (unpaired) electrons. The highest BCUT2D eigenvalue weighted by atomic mass is 16.5. The van der Waals surface area contributed by atoms with Gasteiger partial charge < -0.3 is 10.5 Å². The van der Waals surface area contributed by atoms with Crippen molar-refractivity contribution in [3.63, 3.8) is 0 Å². The van der Waals surface area contributed by atoms with Crippen LogP contribution >= 0.6 is 0 Å². The third-order valence-electron chi connectivity index (χ3n) is 5.38. The number of carbonyl (C=O) groups excluding carboxylic acids is 1. The molecule has 0 aromatic heterocycles. The van der Waals surface area contributed by atoms with Crippen LogP contribution in [0.4, 0.5) is 10.5 Å². The lowest BCUT2D eigenvalue weighted by Gasteiger charge is -2.31. The van der Waals surface area contributed by atoms with Crippen LogP contribution in [0, 0.1) is 0 Å². The Bertz CT molecular complexity index is 930. The quantitative estimate of drug-likeness (QED) is 0.372. The van der Waals surface area contributed by atoms with Crippen molar-refractivity contribution in [1.29, 1.82) is 0 Å². The average Bonchev–Trinajstić information content (AvgIpc) is 2.83. The van der Waals surface area contributed by atoms with E-state index in [0.29, 0.717) is 6.61 Å². The van der Waals surface area contributed by atoms with Gasteiger partial charge in [0.25, 0.3) is 0 Å². The van der Waals surface area contributed by atoms with Gasteiger partial charge in [-0.25, -0.2) is 4.79 Å². The summed E-state index contributed by atoms with van der Waals surface area (Å²) in [6, 6.07) is 27.5. The Hall–Kier alpha value is -3.31. The van der Waals surface area contributed by atoms with Gasteiger partial charge in [-0.15, -0.1) is 0 Å². The molecule has 0 aliphatic carbocycles. The van der Waals surface area contributed by atoms with E-state index < -0.39 is 6.03 Å². The fourth-order valence-electron chi connectivity index (χ4n) is 3.65. The number of hydrogen-bond acceptors (Lipinski definition) is 3. The summed E-state index contributed by atoms with van der Waals surface area (Å²) in [6.07, 6.45) is 3.62. The lowest BCUT2D eigenvalue weighted by molar-refractivity contribution is 0.249. The number of nitrogens with one attached hydrogen (secondary N) is 1. The molecule has 32 heavy (non-hydrogen) atoms. The Morgan fingerprint density at radius 1 is 0.938 bits per heavy atom. The van der Waals surface area contributed by atoms with Gasteiger partial charge in [-0.05, 0) is 48.2 Å². The number of hydrogen-bond donors (Lipinski definition) is 2. The second-order valence-corrected chi connectivity index (χ2v) is 7.82. The van der Waals surface area contributed by atoms with Gasteiger partial charge in [0.15, 0.2) is 0 Å². The Kier molecular flexibility index (Phi) is 9.14. The van der Waals surface area contributed by atoms with Crippen LogP contribution in [0.5, 0.6) is 5.75 Å². The zero-order chi connectivity index (χ0) is 22.6. The van der Waals surface area contributed by atoms with Crippen LogP contribution in [-0.4, -0.2) is 18.7 Å². The predicted molar refractivity (Wildman–Crippen MR) is 131 cm³/mol. The van der Waals surface area contributed by atoms with Gasteiger partial charge in [0, 0.05) is 12.2 Å². The van der Waals surface area contributed by atoms with E-state index in [1.54, 1.807) is 4.90 Å². The molecule has 0 spiro atoms. The molecule has 1 unspecified atom stereocenters. The molecule has 3 aromatic carbocycles. The number of amides is 2. The highest BCUT2D eigenvalue weighted by Crippen LogP contribution is 2.23. The van der Waals surface area contributed by atoms with Gasteiger partial charge >= 0.3 is 6.03 Å². The molecule has 0 aliphatic rings. The summed E-state index contributed by atoms with van der Waals surface area (Å²) in [4.78, 5) is 14.1. The first-order chi connectivity index (χ1) is 15.7. The van der Waals surface area contributed by atoms with Crippen LogP contribution in [0.1, 0.15) is 37.3 Å². The number of urea groups is 1. The molecule has 0 aliphatic heterocycles. The number of unbranched alkanes of at least 4 members (excludes halogenated alkanes) is 1. The maximum absolute atomic E-state index is 12.4. The van der Waals surface area contributed by atoms with E-state index in [1.807, 2.05) is 72.8 Å². The van der Waals surface area contributed by atoms with Crippen LogP contribution in [0.3, 0.4) is 0 Å². The van der Waals surface area contributed by atoms with E-state index in [9.17, 15) is 4.79 Å². The Morgan fingerprint density at radius 3 is 2.16 bits per heavy atom.